The molecule has 0 aliphatic rings. The molecule has 2 heterocycles. The molecule has 0 unspecified atom stereocenters. The average Bonchev–Trinajstić information content (AvgIpc) is 3.04. The topological polar surface area (TPSA) is 83.3 Å². The van der Waals surface area contributed by atoms with Gasteiger partial charge in [0, 0.05) is 38.0 Å². The average molecular weight is 381 g/mol. The molecule has 0 spiro atoms. The summed E-state index contributed by atoms with van der Waals surface area (Å²) in [6, 6.07) is 7.64. The van der Waals surface area contributed by atoms with Crippen LogP contribution in [0.4, 0.5) is 11.5 Å². The van der Waals surface area contributed by atoms with Crippen LogP contribution in [0.25, 0.3) is 11.0 Å². The van der Waals surface area contributed by atoms with E-state index < -0.39 is 5.60 Å². The molecule has 0 atom stereocenters. The maximum absolute atomic E-state index is 12.4. The Bertz CT molecular complexity index is 1000. The molecule has 1 aromatic carbocycles. The Morgan fingerprint density at radius 1 is 1.29 bits per heavy atom. The van der Waals surface area contributed by atoms with Gasteiger partial charge in [-0.25, -0.2) is 9.97 Å². The van der Waals surface area contributed by atoms with Crippen LogP contribution >= 0.6 is 0 Å². The standard InChI is InChI=1S/C21H27N5O2/c1-6-14-9-15(20(27)23-12-21(2,3)28)7-8-17(14)26(5)19-10-18-16(11-22-19)24-13-25(18)4/h7-11,13,28H,6,12H2,1-5H3,(H,23,27). The summed E-state index contributed by atoms with van der Waals surface area (Å²) in [5, 5.41) is 12.6. The number of rotatable bonds is 6. The van der Waals surface area contributed by atoms with E-state index >= 15 is 0 Å². The van der Waals surface area contributed by atoms with Crippen LogP contribution in [0.15, 0.2) is 36.8 Å². The lowest BCUT2D eigenvalue weighted by molar-refractivity contribution is 0.0694. The van der Waals surface area contributed by atoms with E-state index in [4.69, 9.17) is 0 Å². The molecule has 148 valence electrons. The normalized spacial score (nSPS) is 11.6. The third-order valence-electron chi connectivity index (χ3n) is 4.71. The van der Waals surface area contributed by atoms with Gasteiger partial charge in [0.15, 0.2) is 0 Å². The summed E-state index contributed by atoms with van der Waals surface area (Å²) in [5.74, 6) is 0.616. The van der Waals surface area contributed by atoms with E-state index in [9.17, 15) is 9.90 Å². The number of aliphatic hydroxyl groups is 1. The van der Waals surface area contributed by atoms with Gasteiger partial charge in [-0.05, 0) is 44.0 Å². The van der Waals surface area contributed by atoms with Gasteiger partial charge < -0.3 is 19.9 Å². The zero-order valence-corrected chi connectivity index (χ0v) is 17.0. The summed E-state index contributed by atoms with van der Waals surface area (Å²) in [4.78, 5) is 23.3. The number of nitrogens with zero attached hydrogens (tertiary/aromatic N) is 4. The Morgan fingerprint density at radius 3 is 2.71 bits per heavy atom. The largest absolute Gasteiger partial charge is 0.389 e. The van der Waals surface area contributed by atoms with E-state index in [1.165, 1.54) is 0 Å². The number of nitrogens with one attached hydrogen (secondary N) is 1. The van der Waals surface area contributed by atoms with Crippen molar-refractivity contribution in [3.63, 3.8) is 0 Å². The first-order valence-electron chi connectivity index (χ1n) is 9.34. The Hall–Kier alpha value is -2.93. The molecule has 2 N–H and O–H groups in total. The van der Waals surface area contributed by atoms with Gasteiger partial charge in [0.25, 0.3) is 5.91 Å². The molecule has 7 nitrogen and oxygen atoms in total. The number of aryl methyl sites for hydroxylation is 2. The summed E-state index contributed by atoms with van der Waals surface area (Å²) in [5.41, 5.74) is 3.54. The highest BCUT2D eigenvalue weighted by Crippen LogP contribution is 2.28. The number of hydrogen-bond acceptors (Lipinski definition) is 5. The highest BCUT2D eigenvalue weighted by Gasteiger charge is 2.17. The summed E-state index contributed by atoms with van der Waals surface area (Å²) in [6.45, 7) is 5.58. The molecular weight excluding hydrogens is 354 g/mol. The fraction of sp³-hybridized carbons (Fsp3) is 0.381. The van der Waals surface area contributed by atoms with Gasteiger partial charge in [-0.3, -0.25) is 4.79 Å². The number of aromatic nitrogens is 3. The Kier molecular flexibility index (Phi) is 5.38. The Morgan fingerprint density at radius 2 is 2.04 bits per heavy atom. The fourth-order valence-electron chi connectivity index (χ4n) is 3.06. The lowest BCUT2D eigenvalue weighted by Gasteiger charge is -2.22. The molecule has 2 aromatic heterocycles. The number of hydrogen-bond donors (Lipinski definition) is 2. The first-order valence-corrected chi connectivity index (χ1v) is 9.34. The van der Waals surface area contributed by atoms with Crippen molar-refractivity contribution >= 4 is 28.4 Å². The number of carbonyl (C=O) groups is 1. The number of carbonyl (C=O) groups excluding carboxylic acids is 1. The van der Waals surface area contributed by atoms with Crippen molar-refractivity contribution in [1.29, 1.82) is 0 Å². The third kappa shape index (κ3) is 4.14. The zero-order chi connectivity index (χ0) is 20.5. The van der Waals surface area contributed by atoms with Crippen molar-refractivity contribution in [2.75, 3.05) is 18.5 Å². The minimum absolute atomic E-state index is 0.194. The molecule has 0 saturated heterocycles. The third-order valence-corrected chi connectivity index (χ3v) is 4.71. The minimum Gasteiger partial charge on any atom is -0.389 e. The van der Waals surface area contributed by atoms with E-state index in [1.54, 1.807) is 32.4 Å². The number of amides is 1. The summed E-state index contributed by atoms with van der Waals surface area (Å²) >= 11 is 0. The van der Waals surface area contributed by atoms with E-state index in [2.05, 4.69) is 22.2 Å². The van der Waals surface area contributed by atoms with E-state index in [1.807, 2.05) is 41.8 Å². The van der Waals surface area contributed by atoms with Crippen LogP contribution in [-0.4, -0.2) is 44.7 Å². The van der Waals surface area contributed by atoms with Gasteiger partial charge in [0.05, 0.1) is 23.6 Å². The number of fused-ring (bicyclic) bond motifs is 1. The van der Waals surface area contributed by atoms with Gasteiger partial charge in [0.2, 0.25) is 0 Å². The molecule has 3 rings (SSSR count). The number of pyridine rings is 1. The number of imidazole rings is 1. The van der Waals surface area contributed by atoms with Crippen LogP contribution in [-0.2, 0) is 13.5 Å². The molecular formula is C21H27N5O2. The molecule has 0 radical (unpaired) electrons. The van der Waals surface area contributed by atoms with Crippen molar-refractivity contribution in [3.8, 4) is 0 Å². The summed E-state index contributed by atoms with van der Waals surface area (Å²) < 4.78 is 1.96. The zero-order valence-electron chi connectivity index (χ0n) is 17.0. The maximum atomic E-state index is 12.4. The van der Waals surface area contributed by atoms with Crippen molar-refractivity contribution < 1.29 is 9.90 Å². The second-order valence-electron chi connectivity index (χ2n) is 7.64. The van der Waals surface area contributed by atoms with Gasteiger partial charge in [-0.15, -0.1) is 0 Å². The summed E-state index contributed by atoms with van der Waals surface area (Å²) in [7, 11) is 3.92. The Balaban J connectivity index is 1.88. The monoisotopic (exact) mass is 381 g/mol. The molecule has 0 saturated carbocycles. The van der Waals surface area contributed by atoms with Gasteiger partial charge in [-0.2, -0.15) is 0 Å². The SMILES string of the molecule is CCc1cc(C(=O)NCC(C)(C)O)ccc1N(C)c1cc2c(cn1)ncn2C. The fourth-order valence-corrected chi connectivity index (χ4v) is 3.06. The van der Waals surface area contributed by atoms with Crippen LogP contribution in [0.1, 0.15) is 36.7 Å². The molecule has 1 amide bonds. The first-order chi connectivity index (χ1) is 13.2. The van der Waals surface area contributed by atoms with Crippen LogP contribution in [0.5, 0.6) is 0 Å². The van der Waals surface area contributed by atoms with E-state index in [0.717, 1.165) is 34.5 Å². The molecule has 3 aromatic rings. The second-order valence-corrected chi connectivity index (χ2v) is 7.64. The lowest BCUT2D eigenvalue weighted by Crippen LogP contribution is -2.38. The van der Waals surface area contributed by atoms with Gasteiger partial charge in [-0.1, -0.05) is 6.92 Å². The predicted molar refractivity (Wildman–Crippen MR) is 111 cm³/mol. The van der Waals surface area contributed by atoms with Crippen LogP contribution in [0.2, 0.25) is 0 Å². The Labute approximate surface area is 165 Å². The first kappa shape index (κ1) is 19.8. The van der Waals surface area contributed by atoms with Gasteiger partial charge in [0.1, 0.15) is 11.3 Å². The molecule has 0 aliphatic heterocycles. The highest BCUT2D eigenvalue weighted by molar-refractivity contribution is 5.95. The van der Waals surface area contributed by atoms with Crippen LogP contribution in [0.3, 0.4) is 0 Å². The van der Waals surface area contributed by atoms with E-state index in [-0.39, 0.29) is 12.5 Å². The summed E-state index contributed by atoms with van der Waals surface area (Å²) in [6.07, 6.45) is 4.32. The van der Waals surface area contributed by atoms with Crippen molar-refractivity contribution in [3.05, 3.63) is 47.9 Å². The molecule has 0 aliphatic carbocycles. The van der Waals surface area contributed by atoms with E-state index in [0.29, 0.717) is 5.56 Å². The number of anilines is 2. The van der Waals surface area contributed by atoms with Crippen molar-refractivity contribution in [2.45, 2.75) is 32.8 Å². The molecule has 0 fully saturated rings. The smallest absolute Gasteiger partial charge is 0.251 e. The van der Waals surface area contributed by atoms with Crippen molar-refractivity contribution in [1.82, 2.24) is 19.9 Å². The number of benzene rings is 1. The minimum atomic E-state index is -0.945. The molecule has 28 heavy (non-hydrogen) atoms. The predicted octanol–water partition coefficient (Wildman–Crippen LogP) is 2.80. The van der Waals surface area contributed by atoms with Gasteiger partial charge >= 0.3 is 0 Å². The van der Waals surface area contributed by atoms with Crippen LogP contribution < -0.4 is 10.2 Å². The van der Waals surface area contributed by atoms with Crippen molar-refractivity contribution in [2.24, 2.45) is 7.05 Å². The highest BCUT2D eigenvalue weighted by atomic mass is 16.3. The van der Waals surface area contributed by atoms with Crippen LogP contribution in [0, 0.1) is 0 Å². The maximum Gasteiger partial charge on any atom is 0.251 e. The lowest BCUT2D eigenvalue weighted by atomic mass is 10.0. The second kappa shape index (κ2) is 7.59. The molecule has 0 bridgehead atoms. The quantitative estimate of drug-likeness (QED) is 0.686. The molecule has 7 heteroatoms.